The van der Waals surface area contributed by atoms with Crippen LogP contribution in [-0.4, -0.2) is 17.5 Å². The summed E-state index contributed by atoms with van der Waals surface area (Å²) < 4.78 is 0. The van der Waals surface area contributed by atoms with E-state index in [1.165, 1.54) is 6.08 Å². The molecule has 0 aromatic heterocycles. The molecule has 1 aromatic rings. The third-order valence-corrected chi connectivity index (χ3v) is 3.90. The summed E-state index contributed by atoms with van der Waals surface area (Å²) in [4.78, 5) is 20.3. The third-order valence-electron chi connectivity index (χ3n) is 3.34. The fraction of sp³-hybridized carbons (Fsp3) is 0.0588. The van der Waals surface area contributed by atoms with E-state index >= 15 is 0 Å². The van der Waals surface area contributed by atoms with Gasteiger partial charge in [0.15, 0.2) is 5.84 Å². The Morgan fingerprint density at radius 3 is 2.83 bits per heavy atom. The molecule has 1 amide bonds. The van der Waals surface area contributed by atoms with Gasteiger partial charge in [-0.1, -0.05) is 47.5 Å². The number of hydrogen-bond acceptors (Lipinski definition) is 3. The quantitative estimate of drug-likeness (QED) is 0.762. The maximum absolute atomic E-state index is 12.1. The normalized spacial score (nSPS) is 19.8. The third kappa shape index (κ3) is 3.16. The van der Waals surface area contributed by atoms with Crippen molar-refractivity contribution in [1.82, 2.24) is 0 Å². The second kappa shape index (κ2) is 6.33. The van der Waals surface area contributed by atoms with Gasteiger partial charge in [0.2, 0.25) is 0 Å². The van der Waals surface area contributed by atoms with Gasteiger partial charge in [0.25, 0.3) is 5.91 Å². The van der Waals surface area contributed by atoms with Gasteiger partial charge < -0.3 is 0 Å². The standard InChI is InChI=1S/C17H9Cl2N3O/c18-12-6-5-10(14(19)8-12)7-11(9-20)16-21-15-4-2-1-3-13(15)17(23)22-16/h1-8,13H/b11-7-. The van der Waals surface area contributed by atoms with Crippen LogP contribution in [0.2, 0.25) is 10.0 Å². The Bertz CT molecular complexity index is 886. The summed E-state index contributed by atoms with van der Waals surface area (Å²) in [5, 5.41) is 10.3. The van der Waals surface area contributed by atoms with Crippen LogP contribution in [0.15, 0.2) is 58.1 Å². The fourth-order valence-corrected chi connectivity index (χ4v) is 2.67. The molecular weight excluding hydrogens is 333 g/mol. The first-order valence-electron chi connectivity index (χ1n) is 6.71. The van der Waals surface area contributed by atoms with Crippen molar-refractivity contribution in [3.8, 4) is 6.07 Å². The van der Waals surface area contributed by atoms with Crippen molar-refractivity contribution in [1.29, 1.82) is 5.26 Å². The smallest absolute Gasteiger partial charge is 0.260 e. The number of aliphatic imine (C=N–C) groups is 2. The van der Waals surface area contributed by atoms with E-state index in [0.29, 0.717) is 21.3 Å². The summed E-state index contributed by atoms with van der Waals surface area (Å²) in [5.74, 6) is -0.716. The molecule has 0 saturated heterocycles. The van der Waals surface area contributed by atoms with Crippen LogP contribution < -0.4 is 0 Å². The van der Waals surface area contributed by atoms with E-state index in [0.717, 1.165) is 0 Å². The second-order valence-corrected chi connectivity index (χ2v) is 5.71. The van der Waals surface area contributed by atoms with Crippen molar-refractivity contribution in [2.24, 2.45) is 15.9 Å². The highest BCUT2D eigenvalue weighted by Gasteiger charge is 2.27. The van der Waals surface area contributed by atoms with Crippen molar-refractivity contribution in [3.05, 3.63) is 63.7 Å². The molecule has 1 aromatic carbocycles. The molecule has 0 saturated carbocycles. The van der Waals surface area contributed by atoms with Crippen LogP contribution in [0.4, 0.5) is 0 Å². The molecule has 1 aliphatic carbocycles. The zero-order valence-corrected chi connectivity index (χ0v) is 13.2. The van der Waals surface area contributed by atoms with Gasteiger partial charge in [-0.2, -0.15) is 10.3 Å². The highest BCUT2D eigenvalue weighted by molar-refractivity contribution is 6.35. The van der Waals surface area contributed by atoms with Crippen LogP contribution in [0, 0.1) is 17.2 Å². The fourth-order valence-electron chi connectivity index (χ4n) is 2.21. The Morgan fingerprint density at radius 1 is 1.26 bits per heavy atom. The molecule has 112 valence electrons. The molecule has 0 fully saturated rings. The first-order valence-corrected chi connectivity index (χ1v) is 7.47. The predicted octanol–water partition coefficient (Wildman–Crippen LogP) is 4.02. The van der Waals surface area contributed by atoms with Crippen molar-refractivity contribution in [2.45, 2.75) is 0 Å². The van der Waals surface area contributed by atoms with E-state index in [1.807, 2.05) is 6.07 Å². The molecule has 0 spiro atoms. The van der Waals surface area contributed by atoms with E-state index in [2.05, 4.69) is 9.98 Å². The average Bonchev–Trinajstić information content (AvgIpc) is 2.54. The van der Waals surface area contributed by atoms with Gasteiger partial charge in [-0.15, -0.1) is 0 Å². The first-order chi connectivity index (χ1) is 11.1. The van der Waals surface area contributed by atoms with Crippen LogP contribution in [0.25, 0.3) is 6.08 Å². The number of rotatable bonds is 2. The van der Waals surface area contributed by atoms with Crippen LogP contribution in [0.1, 0.15) is 5.56 Å². The minimum atomic E-state index is -0.470. The maximum Gasteiger partial charge on any atom is 0.260 e. The maximum atomic E-state index is 12.1. The van der Waals surface area contributed by atoms with Gasteiger partial charge in [0.05, 0.1) is 11.3 Å². The number of allylic oxidation sites excluding steroid dienone is 3. The number of amidine groups is 1. The lowest BCUT2D eigenvalue weighted by atomic mass is 9.96. The second-order valence-electron chi connectivity index (χ2n) is 4.87. The van der Waals surface area contributed by atoms with Crippen LogP contribution in [0.5, 0.6) is 0 Å². The predicted molar refractivity (Wildman–Crippen MR) is 91.7 cm³/mol. The number of carbonyl (C=O) groups is 1. The molecule has 1 aliphatic heterocycles. The summed E-state index contributed by atoms with van der Waals surface area (Å²) in [6.45, 7) is 0. The van der Waals surface area contributed by atoms with Gasteiger partial charge in [-0.25, -0.2) is 4.99 Å². The average molecular weight is 342 g/mol. The number of amides is 1. The number of halogens is 2. The highest BCUT2D eigenvalue weighted by atomic mass is 35.5. The Morgan fingerprint density at radius 2 is 2.09 bits per heavy atom. The van der Waals surface area contributed by atoms with E-state index in [4.69, 9.17) is 23.2 Å². The zero-order valence-electron chi connectivity index (χ0n) is 11.7. The molecule has 23 heavy (non-hydrogen) atoms. The molecule has 0 N–H and O–H groups in total. The SMILES string of the molecule is N#C/C(=C/c1ccc(Cl)cc1Cl)C1=NC(=O)C2C=CC=CC2=N1. The highest BCUT2D eigenvalue weighted by Crippen LogP contribution is 2.24. The molecule has 1 unspecified atom stereocenters. The van der Waals surface area contributed by atoms with Crippen molar-refractivity contribution in [2.75, 3.05) is 0 Å². The van der Waals surface area contributed by atoms with Gasteiger partial charge in [0, 0.05) is 10.0 Å². The zero-order chi connectivity index (χ0) is 16.4. The van der Waals surface area contributed by atoms with E-state index in [-0.39, 0.29) is 17.3 Å². The molecule has 6 heteroatoms. The Labute approximate surface area is 142 Å². The van der Waals surface area contributed by atoms with E-state index in [1.54, 1.807) is 42.5 Å². The lowest BCUT2D eigenvalue weighted by Crippen LogP contribution is -2.27. The number of hydrogen-bond donors (Lipinski definition) is 0. The molecule has 1 heterocycles. The van der Waals surface area contributed by atoms with Gasteiger partial charge >= 0.3 is 0 Å². The number of benzene rings is 1. The van der Waals surface area contributed by atoms with Crippen LogP contribution in [-0.2, 0) is 4.79 Å². The lowest BCUT2D eigenvalue weighted by molar-refractivity contribution is -0.118. The van der Waals surface area contributed by atoms with Crippen LogP contribution >= 0.6 is 23.2 Å². The molecule has 0 bridgehead atoms. The largest absolute Gasteiger partial charge is 0.271 e. The monoisotopic (exact) mass is 341 g/mol. The molecule has 4 nitrogen and oxygen atoms in total. The minimum absolute atomic E-state index is 0.0923. The van der Waals surface area contributed by atoms with Crippen LogP contribution in [0.3, 0.4) is 0 Å². The molecule has 2 aliphatic rings. The summed E-state index contributed by atoms with van der Waals surface area (Å²) in [6, 6.07) is 6.95. The van der Waals surface area contributed by atoms with Crippen molar-refractivity contribution >= 4 is 46.7 Å². The topological polar surface area (TPSA) is 65.6 Å². The number of nitrogens with zero attached hydrogens (tertiary/aromatic N) is 3. The summed E-state index contributed by atoms with van der Waals surface area (Å²) in [7, 11) is 0. The molecule has 3 rings (SSSR count). The summed E-state index contributed by atoms with van der Waals surface area (Å²) >= 11 is 12.0. The van der Waals surface area contributed by atoms with Gasteiger partial charge in [-0.3, -0.25) is 4.79 Å². The summed E-state index contributed by atoms with van der Waals surface area (Å²) in [5.41, 5.74) is 1.34. The van der Waals surface area contributed by atoms with Gasteiger partial charge in [-0.05, 0) is 29.8 Å². The summed E-state index contributed by atoms with van der Waals surface area (Å²) in [6.07, 6.45) is 8.57. The van der Waals surface area contributed by atoms with E-state index < -0.39 is 5.92 Å². The minimum Gasteiger partial charge on any atom is -0.271 e. The number of carbonyl (C=O) groups excluding carboxylic acids is 1. The molecule has 1 atom stereocenters. The van der Waals surface area contributed by atoms with Crippen molar-refractivity contribution < 1.29 is 4.79 Å². The van der Waals surface area contributed by atoms with Gasteiger partial charge in [0.1, 0.15) is 12.0 Å². The molecule has 0 radical (unpaired) electrons. The Kier molecular flexibility index (Phi) is 4.24. The number of nitriles is 1. The van der Waals surface area contributed by atoms with E-state index in [9.17, 15) is 10.1 Å². The Hall–Kier alpha value is -2.48. The van der Waals surface area contributed by atoms with Crippen molar-refractivity contribution in [3.63, 3.8) is 0 Å². The first kappa shape index (κ1) is 15.4. The molecular formula is C17H9Cl2N3O. The lowest BCUT2D eigenvalue weighted by Gasteiger charge is -2.17. The number of fused-ring (bicyclic) bond motifs is 1. The Balaban J connectivity index is 2.02.